The predicted octanol–water partition coefficient (Wildman–Crippen LogP) is 2.54. The lowest BCUT2D eigenvalue weighted by molar-refractivity contribution is 0.0712. The minimum Gasteiger partial charge on any atom is -0.302 e. The Morgan fingerprint density at radius 1 is 1.50 bits per heavy atom. The Morgan fingerprint density at radius 2 is 2.08 bits per heavy atom. The summed E-state index contributed by atoms with van der Waals surface area (Å²) in [5, 5.41) is 0. The maximum atomic E-state index is 3.74. The minimum absolute atomic E-state index is 0.625. The van der Waals surface area contributed by atoms with E-state index in [1.165, 1.54) is 19.4 Å². The maximum Gasteiger partial charge on any atom is 0.0157 e. The van der Waals surface area contributed by atoms with E-state index in [-0.39, 0.29) is 0 Å². The largest absolute Gasteiger partial charge is 0.302 e. The number of nitrogens with zero attached hydrogens (tertiary/aromatic N) is 1. The summed E-state index contributed by atoms with van der Waals surface area (Å²) in [5.41, 5.74) is 0.625. The number of likely N-dealkylation sites (N-methyl/N-ethyl adjacent to an activating group) is 1. The van der Waals surface area contributed by atoms with Crippen LogP contribution in [0.4, 0.5) is 0 Å². The van der Waals surface area contributed by atoms with Crippen LogP contribution in [0.5, 0.6) is 0 Å². The smallest absolute Gasteiger partial charge is 0.0157 e. The molecule has 1 saturated carbocycles. The van der Waals surface area contributed by atoms with Crippen LogP contribution in [0.25, 0.3) is 0 Å². The van der Waals surface area contributed by atoms with E-state index in [4.69, 9.17) is 0 Å². The topological polar surface area (TPSA) is 3.24 Å². The highest BCUT2D eigenvalue weighted by atomic mass is 15.1. The van der Waals surface area contributed by atoms with Crippen LogP contribution in [-0.2, 0) is 0 Å². The van der Waals surface area contributed by atoms with Crippen LogP contribution in [0.1, 0.15) is 26.7 Å². The molecule has 0 spiro atoms. The standard InChI is InChI=1S/C11H21N/c1-5-6-12(4)9-10-7-11(2,3)8-10/h5,10H,1,6-9H2,2-4H3. The first-order valence-corrected chi connectivity index (χ1v) is 4.83. The lowest BCUT2D eigenvalue weighted by Gasteiger charge is -2.44. The van der Waals surface area contributed by atoms with Gasteiger partial charge in [-0.05, 0) is 31.2 Å². The predicted molar refractivity (Wildman–Crippen MR) is 54.2 cm³/mol. The molecule has 0 aromatic carbocycles. The molecule has 0 heterocycles. The van der Waals surface area contributed by atoms with Gasteiger partial charge in [0.1, 0.15) is 0 Å². The van der Waals surface area contributed by atoms with Crippen molar-refractivity contribution in [3.63, 3.8) is 0 Å². The van der Waals surface area contributed by atoms with Gasteiger partial charge < -0.3 is 4.90 Å². The fourth-order valence-corrected chi connectivity index (χ4v) is 2.37. The van der Waals surface area contributed by atoms with Gasteiger partial charge in [-0.25, -0.2) is 0 Å². The summed E-state index contributed by atoms with van der Waals surface area (Å²) in [6.45, 7) is 10.7. The van der Waals surface area contributed by atoms with Gasteiger partial charge in [0.15, 0.2) is 0 Å². The van der Waals surface area contributed by atoms with E-state index in [0.29, 0.717) is 5.41 Å². The van der Waals surface area contributed by atoms with E-state index >= 15 is 0 Å². The Labute approximate surface area is 76.5 Å². The third-order valence-electron chi connectivity index (χ3n) is 2.69. The molecule has 0 aromatic rings. The molecule has 0 atom stereocenters. The van der Waals surface area contributed by atoms with Crippen molar-refractivity contribution in [2.75, 3.05) is 20.1 Å². The van der Waals surface area contributed by atoms with Crippen molar-refractivity contribution in [2.45, 2.75) is 26.7 Å². The summed E-state index contributed by atoms with van der Waals surface area (Å²) in [4.78, 5) is 2.35. The molecule has 1 fully saturated rings. The summed E-state index contributed by atoms with van der Waals surface area (Å²) >= 11 is 0. The van der Waals surface area contributed by atoms with Crippen molar-refractivity contribution >= 4 is 0 Å². The van der Waals surface area contributed by atoms with E-state index in [1.54, 1.807) is 0 Å². The lowest BCUT2D eigenvalue weighted by atomic mass is 9.64. The highest BCUT2D eigenvalue weighted by Crippen LogP contribution is 2.44. The van der Waals surface area contributed by atoms with Crippen LogP contribution in [0.2, 0.25) is 0 Å². The fourth-order valence-electron chi connectivity index (χ4n) is 2.37. The highest BCUT2D eigenvalue weighted by molar-refractivity contribution is 4.88. The van der Waals surface area contributed by atoms with Crippen molar-refractivity contribution in [3.05, 3.63) is 12.7 Å². The zero-order chi connectivity index (χ0) is 9.19. The van der Waals surface area contributed by atoms with Crippen LogP contribution in [0, 0.1) is 11.3 Å². The van der Waals surface area contributed by atoms with Gasteiger partial charge in [-0.2, -0.15) is 0 Å². The molecule has 1 aliphatic carbocycles. The Bertz CT molecular complexity index is 152. The number of rotatable bonds is 4. The summed E-state index contributed by atoms with van der Waals surface area (Å²) < 4.78 is 0. The number of hydrogen-bond acceptors (Lipinski definition) is 1. The monoisotopic (exact) mass is 167 g/mol. The van der Waals surface area contributed by atoms with Gasteiger partial charge in [-0.3, -0.25) is 0 Å². The van der Waals surface area contributed by atoms with Crippen molar-refractivity contribution in [1.29, 1.82) is 0 Å². The Hall–Kier alpha value is -0.300. The molecule has 0 aromatic heterocycles. The summed E-state index contributed by atoms with van der Waals surface area (Å²) in [6.07, 6.45) is 4.77. The van der Waals surface area contributed by atoms with Gasteiger partial charge in [0.2, 0.25) is 0 Å². The second kappa shape index (κ2) is 3.61. The molecule has 0 saturated heterocycles. The van der Waals surface area contributed by atoms with Crippen molar-refractivity contribution in [2.24, 2.45) is 11.3 Å². The molecule has 0 bridgehead atoms. The maximum absolute atomic E-state index is 3.74. The molecule has 0 aliphatic heterocycles. The molecular weight excluding hydrogens is 146 g/mol. The molecule has 0 unspecified atom stereocenters. The minimum atomic E-state index is 0.625. The third kappa shape index (κ3) is 2.63. The molecule has 1 heteroatoms. The molecule has 12 heavy (non-hydrogen) atoms. The van der Waals surface area contributed by atoms with Crippen LogP contribution < -0.4 is 0 Å². The lowest BCUT2D eigenvalue weighted by Crippen LogP contribution is -2.38. The summed E-state index contributed by atoms with van der Waals surface area (Å²) in [6, 6.07) is 0. The Balaban J connectivity index is 2.14. The zero-order valence-corrected chi connectivity index (χ0v) is 8.64. The van der Waals surface area contributed by atoms with Gasteiger partial charge in [0, 0.05) is 13.1 Å². The van der Waals surface area contributed by atoms with Gasteiger partial charge >= 0.3 is 0 Å². The average molecular weight is 167 g/mol. The van der Waals surface area contributed by atoms with Crippen molar-refractivity contribution in [1.82, 2.24) is 4.90 Å². The molecule has 0 N–H and O–H groups in total. The van der Waals surface area contributed by atoms with E-state index in [9.17, 15) is 0 Å². The number of hydrogen-bond donors (Lipinski definition) is 0. The van der Waals surface area contributed by atoms with Crippen LogP contribution in [-0.4, -0.2) is 25.0 Å². The quantitative estimate of drug-likeness (QED) is 0.582. The normalized spacial score (nSPS) is 22.3. The summed E-state index contributed by atoms with van der Waals surface area (Å²) in [5.74, 6) is 0.935. The second-order valence-corrected chi connectivity index (χ2v) is 4.95. The molecule has 0 amide bonds. The highest BCUT2D eigenvalue weighted by Gasteiger charge is 2.35. The van der Waals surface area contributed by atoms with Gasteiger partial charge in [0.05, 0.1) is 0 Å². The molecular formula is C11H21N. The van der Waals surface area contributed by atoms with Gasteiger partial charge in [-0.1, -0.05) is 19.9 Å². The third-order valence-corrected chi connectivity index (χ3v) is 2.69. The van der Waals surface area contributed by atoms with Crippen LogP contribution in [0.15, 0.2) is 12.7 Å². The van der Waals surface area contributed by atoms with E-state index in [2.05, 4.69) is 32.4 Å². The molecule has 1 nitrogen and oxygen atoms in total. The van der Waals surface area contributed by atoms with Gasteiger partial charge in [-0.15, -0.1) is 6.58 Å². The Kier molecular flexibility index (Phi) is 2.94. The first-order chi connectivity index (χ1) is 5.53. The summed E-state index contributed by atoms with van der Waals surface area (Å²) in [7, 11) is 2.17. The zero-order valence-electron chi connectivity index (χ0n) is 8.64. The van der Waals surface area contributed by atoms with E-state index in [1.807, 2.05) is 6.08 Å². The first-order valence-electron chi connectivity index (χ1n) is 4.83. The van der Waals surface area contributed by atoms with E-state index in [0.717, 1.165) is 12.5 Å². The second-order valence-electron chi connectivity index (χ2n) is 4.95. The molecule has 1 aliphatic rings. The molecule has 0 radical (unpaired) electrons. The fraction of sp³-hybridized carbons (Fsp3) is 0.818. The van der Waals surface area contributed by atoms with Crippen LogP contribution in [0.3, 0.4) is 0 Å². The van der Waals surface area contributed by atoms with Crippen LogP contribution >= 0.6 is 0 Å². The average Bonchev–Trinajstić information content (AvgIpc) is 1.83. The SMILES string of the molecule is C=CCN(C)CC1CC(C)(C)C1. The Morgan fingerprint density at radius 3 is 2.50 bits per heavy atom. The molecule has 70 valence electrons. The first kappa shape index (κ1) is 9.79. The van der Waals surface area contributed by atoms with Gasteiger partial charge in [0.25, 0.3) is 0 Å². The van der Waals surface area contributed by atoms with Crippen molar-refractivity contribution in [3.8, 4) is 0 Å². The van der Waals surface area contributed by atoms with E-state index < -0.39 is 0 Å². The van der Waals surface area contributed by atoms with Crippen molar-refractivity contribution < 1.29 is 0 Å². The molecule has 1 rings (SSSR count).